The minimum absolute atomic E-state index is 0.750. The SMILES string of the molecule is CCCc1ccccc1NCc1occc1C. The fourth-order valence-electron chi connectivity index (χ4n) is 1.94. The van der Waals surface area contributed by atoms with Gasteiger partial charge >= 0.3 is 0 Å². The number of furan rings is 1. The summed E-state index contributed by atoms with van der Waals surface area (Å²) in [6, 6.07) is 10.5. The third-order valence-corrected chi connectivity index (χ3v) is 2.94. The highest BCUT2D eigenvalue weighted by Crippen LogP contribution is 2.18. The predicted molar refractivity (Wildman–Crippen MR) is 71.2 cm³/mol. The van der Waals surface area contributed by atoms with Gasteiger partial charge in [0.05, 0.1) is 12.8 Å². The molecule has 2 nitrogen and oxygen atoms in total. The van der Waals surface area contributed by atoms with E-state index < -0.39 is 0 Å². The van der Waals surface area contributed by atoms with Crippen LogP contribution in [0.4, 0.5) is 5.69 Å². The molecular formula is C15H19NO. The standard InChI is InChI=1S/C15H19NO/c1-3-6-13-7-4-5-8-14(13)16-11-15-12(2)9-10-17-15/h4-5,7-10,16H,3,6,11H2,1-2H3. The molecule has 0 aliphatic rings. The van der Waals surface area contributed by atoms with E-state index in [4.69, 9.17) is 4.42 Å². The van der Waals surface area contributed by atoms with Crippen molar-refractivity contribution in [3.8, 4) is 0 Å². The highest BCUT2D eigenvalue weighted by molar-refractivity contribution is 5.51. The molecule has 2 aromatic rings. The fourth-order valence-corrected chi connectivity index (χ4v) is 1.94. The van der Waals surface area contributed by atoms with Crippen LogP contribution in [0.15, 0.2) is 41.0 Å². The lowest BCUT2D eigenvalue weighted by atomic mass is 10.1. The topological polar surface area (TPSA) is 25.2 Å². The highest BCUT2D eigenvalue weighted by atomic mass is 16.3. The number of benzene rings is 1. The van der Waals surface area contributed by atoms with Crippen molar-refractivity contribution in [2.45, 2.75) is 33.2 Å². The van der Waals surface area contributed by atoms with Gasteiger partial charge in [0, 0.05) is 5.69 Å². The Kier molecular flexibility index (Phi) is 3.86. The molecule has 0 spiro atoms. The van der Waals surface area contributed by atoms with Crippen LogP contribution in [0.1, 0.15) is 30.2 Å². The molecular weight excluding hydrogens is 210 g/mol. The molecule has 0 aliphatic carbocycles. The average molecular weight is 229 g/mol. The maximum atomic E-state index is 5.42. The van der Waals surface area contributed by atoms with E-state index in [9.17, 15) is 0 Å². The summed E-state index contributed by atoms with van der Waals surface area (Å²) >= 11 is 0. The van der Waals surface area contributed by atoms with Gasteiger partial charge in [-0.05, 0) is 36.6 Å². The van der Waals surface area contributed by atoms with E-state index in [1.54, 1.807) is 6.26 Å². The van der Waals surface area contributed by atoms with Crippen molar-refractivity contribution in [1.82, 2.24) is 0 Å². The van der Waals surface area contributed by atoms with Crippen LogP contribution in [0.2, 0.25) is 0 Å². The van der Waals surface area contributed by atoms with Crippen molar-refractivity contribution in [3.05, 3.63) is 53.5 Å². The van der Waals surface area contributed by atoms with Crippen LogP contribution < -0.4 is 5.32 Å². The summed E-state index contributed by atoms with van der Waals surface area (Å²) in [6.45, 7) is 5.02. The quantitative estimate of drug-likeness (QED) is 0.833. The van der Waals surface area contributed by atoms with Gasteiger partial charge in [-0.2, -0.15) is 0 Å². The summed E-state index contributed by atoms with van der Waals surface area (Å²) in [4.78, 5) is 0. The van der Waals surface area contributed by atoms with Gasteiger partial charge in [-0.3, -0.25) is 0 Å². The molecule has 1 aromatic carbocycles. The van der Waals surface area contributed by atoms with Crippen LogP contribution in [0.5, 0.6) is 0 Å². The molecule has 1 heterocycles. The van der Waals surface area contributed by atoms with E-state index in [2.05, 4.69) is 43.4 Å². The first-order valence-electron chi connectivity index (χ1n) is 6.16. The first-order chi connectivity index (χ1) is 8.31. The van der Waals surface area contributed by atoms with Crippen LogP contribution in [-0.2, 0) is 13.0 Å². The van der Waals surface area contributed by atoms with Gasteiger partial charge in [-0.15, -0.1) is 0 Å². The lowest BCUT2D eigenvalue weighted by Gasteiger charge is -2.10. The van der Waals surface area contributed by atoms with Crippen molar-refractivity contribution < 1.29 is 4.42 Å². The van der Waals surface area contributed by atoms with Crippen LogP contribution >= 0.6 is 0 Å². The molecule has 0 radical (unpaired) electrons. The summed E-state index contributed by atoms with van der Waals surface area (Å²) < 4.78 is 5.42. The van der Waals surface area contributed by atoms with Crippen molar-refractivity contribution in [1.29, 1.82) is 0 Å². The van der Waals surface area contributed by atoms with Gasteiger partial charge in [0.25, 0.3) is 0 Å². The zero-order valence-corrected chi connectivity index (χ0v) is 10.5. The fraction of sp³-hybridized carbons (Fsp3) is 0.333. The zero-order valence-electron chi connectivity index (χ0n) is 10.5. The van der Waals surface area contributed by atoms with E-state index in [1.165, 1.54) is 23.2 Å². The molecule has 0 amide bonds. The van der Waals surface area contributed by atoms with Gasteiger partial charge in [-0.1, -0.05) is 31.5 Å². The first kappa shape index (κ1) is 11.8. The summed E-state index contributed by atoms with van der Waals surface area (Å²) in [5.74, 6) is 1.01. The van der Waals surface area contributed by atoms with Gasteiger partial charge < -0.3 is 9.73 Å². The Morgan fingerprint density at radius 1 is 1.18 bits per heavy atom. The highest BCUT2D eigenvalue weighted by Gasteiger charge is 2.04. The second kappa shape index (κ2) is 5.58. The van der Waals surface area contributed by atoms with Gasteiger partial charge in [-0.25, -0.2) is 0 Å². The summed E-state index contributed by atoms with van der Waals surface area (Å²) in [6.07, 6.45) is 4.02. The smallest absolute Gasteiger partial charge is 0.125 e. The van der Waals surface area contributed by atoms with Crippen LogP contribution in [0.25, 0.3) is 0 Å². The molecule has 0 atom stereocenters. The Hall–Kier alpha value is -1.70. The molecule has 0 unspecified atom stereocenters. The average Bonchev–Trinajstić information content (AvgIpc) is 2.74. The van der Waals surface area contributed by atoms with E-state index in [0.717, 1.165) is 18.7 Å². The van der Waals surface area contributed by atoms with Crippen LogP contribution in [0.3, 0.4) is 0 Å². The summed E-state index contributed by atoms with van der Waals surface area (Å²) in [5, 5.41) is 3.45. The van der Waals surface area contributed by atoms with E-state index in [1.807, 2.05) is 6.07 Å². The minimum Gasteiger partial charge on any atom is -0.467 e. The number of aryl methyl sites for hydroxylation is 2. The Labute approximate surface area is 103 Å². The molecule has 90 valence electrons. The Balaban J connectivity index is 2.06. The van der Waals surface area contributed by atoms with E-state index in [-0.39, 0.29) is 0 Å². The second-order valence-corrected chi connectivity index (χ2v) is 4.29. The monoisotopic (exact) mass is 229 g/mol. The van der Waals surface area contributed by atoms with Crippen LogP contribution in [-0.4, -0.2) is 0 Å². The van der Waals surface area contributed by atoms with Gasteiger partial charge in [0.2, 0.25) is 0 Å². The van der Waals surface area contributed by atoms with Gasteiger partial charge in [0.15, 0.2) is 0 Å². The number of nitrogens with one attached hydrogen (secondary N) is 1. The van der Waals surface area contributed by atoms with Crippen molar-refractivity contribution in [3.63, 3.8) is 0 Å². The molecule has 17 heavy (non-hydrogen) atoms. The zero-order chi connectivity index (χ0) is 12.1. The number of anilines is 1. The molecule has 1 N–H and O–H groups in total. The molecule has 2 heteroatoms. The van der Waals surface area contributed by atoms with E-state index >= 15 is 0 Å². The van der Waals surface area contributed by atoms with Crippen molar-refractivity contribution >= 4 is 5.69 Å². The van der Waals surface area contributed by atoms with Gasteiger partial charge in [0.1, 0.15) is 5.76 Å². The second-order valence-electron chi connectivity index (χ2n) is 4.29. The minimum atomic E-state index is 0.750. The Morgan fingerprint density at radius 2 is 2.00 bits per heavy atom. The Bertz CT molecular complexity index is 473. The maximum absolute atomic E-state index is 5.42. The lowest BCUT2D eigenvalue weighted by molar-refractivity contribution is 0.515. The summed E-state index contributed by atoms with van der Waals surface area (Å²) in [5.41, 5.74) is 3.79. The first-order valence-corrected chi connectivity index (χ1v) is 6.16. The number of para-hydroxylation sites is 1. The third-order valence-electron chi connectivity index (χ3n) is 2.94. The third kappa shape index (κ3) is 2.90. The molecule has 0 saturated heterocycles. The largest absolute Gasteiger partial charge is 0.467 e. The predicted octanol–water partition coefficient (Wildman–Crippen LogP) is 4.15. The van der Waals surface area contributed by atoms with Crippen molar-refractivity contribution in [2.75, 3.05) is 5.32 Å². The van der Waals surface area contributed by atoms with Crippen LogP contribution in [0, 0.1) is 6.92 Å². The molecule has 1 aromatic heterocycles. The lowest BCUT2D eigenvalue weighted by Crippen LogP contribution is -2.02. The molecule has 0 aliphatic heterocycles. The Morgan fingerprint density at radius 3 is 2.71 bits per heavy atom. The van der Waals surface area contributed by atoms with E-state index in [0.29, 0.717) is 0 Å². The molecule has 0 bridgehead atoms. The normalized spacial score (nSPS) is 10.5. The van der Waals surface area contributed by atoms with Crippen molar-refractivity contribution in [2.24, 2.45) is 0 Å². The maximum Gasteiger partial charge on any atom is 0.125 e. The number of hydrogen-bond donors (Lipinski definition) is 1. The molecule has 0 saturated carbocycles. The molecule has 0 fully saturated rings. The number of hydrogen-bond acceptors (Lipinski definition) is 2. The number of rotatable bonds is 5. The molecule has 2 rings (SSSR count). The summed E-state index contributed by atoms with van der Waals surface area (Å²) in [7, 11) is 0.